The standard InChI is InChI=1S/C28H32F8N8O2/c1-3-43-20(6-9-38-43)24(46)40-22(15-4-7-26(29,30)8-5-15)19-13-44-25(39-19)41-21(14(2)27(31,32)33)18(42-44)11-16-10-17(28(34,35)36)12-37-23(16)45/h6,9,13-17,22H,3-5,7-8,10-12H2,1-2H3,(H,37,45)(H,40,46)/t14?,16-,17-,22?/m1/s1. The van der Waals surface area contributed by atoms with Crippen molar-refractivity contribution in [2.75, 3.05) is 6.54 Å². The van der Waals surface area contributed by atoms with E-state index in [0.717, 1.165) is 11.4 Å². The lowest BCUT2D eigenvalue weighted by atomic mass is 9.81. The van der Waals surface area contributed by atoms with Gasteiger partial charge in [-0.25, -0.2) is 23.3 Å². The molecule has 5 rings (SSSR count). The van der Waals surface area contributed by atoms with Crippen molar-refractivity contribution in [3.8, 4) is 0 Å². The van der Waals surface area contributed by atoms with E-state index in [1.54, 1.807) is 6.92 Å². The minimum absolute atomic E-state index is 0.0124. The maximum atomic E-state index is 14.0. The summed E-state index contributed by atoms with van der Waals surface area (Å²) in [6.07, 6.45) is -8.78. The van der Waals surface area contributed by atoms with Crippen molar-refractivity contribution in [2.45, 2.75) is 89.2 Å². The van der Waals surface area contributed by atoms with Crippen LogP contribution in [-0.4, -0.2) is 66.0 Å². The van der Waals surface area contributed by atoms with E-state index in [9.17, 15) is 44.7 Å². The monoisotopic (exact) mass is 664 g/mol. The molecule has 2 unspecified atom stereocenters. The fraction of sp³-hybridized carbons (Fsp3) is 0.643. The topological polar surface area (TPSA) is 119 Å². The van der Waals surface area contributed by atoms with Gasteiger partial charge < -0.3 is 10.6 Å². The lowest BCUT2D eigenvalue weighted by molar-refractivity contribution is -0.183. The van der Waals surface area contributed by atoms with Crippen LogP contribution in [0, 0.1) is 17.8 Å². The maximum Gasteiger partial charge on any atom is 0.397 e. The van der Waals surface area contributed by atoms with Gasteiger partial charge in [-0.05, 0) is 45.1 Å². The summed E-state index contributed by atoms with van der Waals surface area (Å²) in [5.41, 5.74) is -0.653. The van der Waals surface area contributed by atoms with Crippen molar-refractivity contribution in [1.29, 1.82) is 0 Å². The zero-order valence-electron chi connectivity index (χ0n) is 24.8. The number of nitrogens with zero attached hydrogens (tertiary/aromatic N) is 6. The van der Waals surface area contributed by atoms with Gasteiger partial charge in [-0.1, -0.05) is 0 Å². The number of carbonyl (C=O) groups excluding carboxylic acids is 2. The first kappa shape index (κ1) is 33.5. The fourth-order valence-electron chi connectivity index (χ4n) is 6.06. The lowest BCUT2D eigenvalue weighted by Gasteiger charge is -2.33. The lowest BCUT2D eigenvalue weighted by Crippen LogP contribution is -2.47. The van der Waals surface area contributed by atoms with Crippen molar-refractivity contribution in [3.63, 3.8) is 0 Å². The molecule has 10 nitrogen and oxygen atoms in total. The number of amides is 2. The second-order valence-electron chi connectivity index (χ2n) is 11.9. The zero-order valence-corrected chi connectivity index (χ0v) is 24.8. The second kappa shape index (κ2) is 12.4. The Balaban J connectivity index is 1.53. The van der Waals surface area contributed by atoms with Gasteiger partial charge in [0.05, 0.1) is 41.2 Å². The molecule has 2 fully saturated rings. The van der Waals surface area contributed by atoms with Crippen molar-refractivity contribution in [2.24, 2.45) is 17.8 Å². The van der Waals surface area contributed by atoms with E-state index >= 15 is 0 Å². The minimum Gasteiger partial charge on any atom is -0.355 e. The highest BCUT2D eigenvalue weighted by atomic mass is 19.4. The highest BCUT2D eigenvalue weighted by molar-refractivity contribution is 5.92. The summed E-state index contributed by atoms with van der Waals surface area (Å²) in [7, 11) is 0. The number of aryl methyl sites for hydroxylation is 1. The third kappa shape index (κ3) is 7.09. The molecule has 2 aliphatic rings. The molecule has 1 saturated heterocycles. The van der Waals surface area contributed by atoms with Crippen LogP contribution in [0.1, 0.15) is 85.5 Å². The molecule has 18 heteroatoms. The number of halogens is 8. The number of alkyl halides is 8. The van der Waals surface area contributed by atoms with Gasteiger partial charge in [-0.2, -0.15) is 36.5 Å². The predicted molar refractivity (Wildman–Crippen MR) is 145 cm³/mol. The van der Waals surface area contributed by atoms with Gasteiger partial charge in [0.2, 0.25) is 11.8 Å². The van der Waals surface area contributed by atoms with Gasteiger partial charge in [0, 0.05) is 44.5 Å². The zero-order chi connectivity index (χ0) is 33.6. The van der Waals surface area contributed by atoms with Crippen molar-refractivity contribution < 1.29 is 44.7 Å². The Bertz CT molecular complexity index is 1570. The molecule has 1 aliphatic heterocycles. The third-order valence-electron chi connectivity index (χ3n) is 8.79. The molecule has 46 heavy (non-hydrogen) atoms. The smallest absolute Gasteiger partial charge is 0.355 e. The second-order valence-corrected chi connectivity index (χ2v) is 11.9. The minimum atomic E-state index is -4.81. The molecule has 0 bridgehead atoms. The molecule has 252 valence electrons. The van der Waals surface area contributed by atoms with Gasteiger partial charge in [-0.3, -0.25) is 14.3 Å². The van der Waals surface area contributed by atoms with Crippen LogP contribution < -0.4 is 10.6 Å². The Morgan fingerprint density at radius 2 is 1.85 bits per heavy atom. The number of aromatic nitrogens is 6. The van der Waals surface area contributed by atoms with E-state index in [-0.39, 0.29) is 35.7 Å². The quantitative estimate of drug-likeness (QED) is 0.322. The van der Waals surface area contributed by atoms with Crippen LogP contribution in [0.15, 0.2) is 18.5 Å². The Morgan fingerprint density at radius 1 is 1.15 bits per heavy atom. The van der Waals surface area contributed by atoms with Gasteiger partial charge in [0.25, 0.3) is 11.7 Å². The van der Waals surface area contributed by atoms with E-state index in [1.807, 2.05) is 0 Å². The van der Waals surface area contributed by atoms with Gasteiger partial charge in [0.1, 0.15) is 5.69 Å². The summed E-state index contributed by atoms with van der Waals surface area (Å²) in [6.45, 7) is 2.31. The number of imidazole rings is 1. The number of rotatable bonds is 8. The molecule has 0 aromatic carbocycles. The van der Waals surface area contributed by atoms with E-state index in [0.29, 0.717) is 6.54 Å². The number of nitrogens with one attached hydrogen (secondary N) is 2. The molecule has 3 aromatic rings. The molecule has 0 spiro atoms. The number of hydrogen-bond acceptors (Lipinski definition) is 6. The predicted octanol–water partition coefficient (Wildman–Crippen LogP) is 5.16. The SMILES string of the molecule is CCn1nccc1C(=O)NC(c1cn2nc(C[C@H]3C[C@@H](C(F)(F)F)CNC3=O)c(C(C)C(F)(F)F)nc2n1)C1CCC(F)(F)CC1. The summed E-state index contributed by atoms with van der Waals surface area (Å²) in [4.78, 5) is 34.2. The summed E-state index contributed by atoms with van der Waals surface area (Å²) in [5, 5.41) is 13.3. The Kier molecular flexibility index (Phi) is 9.02. The Hall–Kier alpha value is -3.86. The van der Waals surface area contributed by atoms with Crippen molar-refractivity contribution in [3.05, 3.63) is 41.2 Å². The number of hydrogen-bond donors (Lipinski definition) is 2. The van der Waals surface area contributed by atoms with Crippen molar-refractivity contribution >= 4 is 17.6 Å². The summed E-state index contributed by atoms with van der Waals surface area (Å²) in [5.74, 6) is -10.5. The first-order valence-corrected chi connectivity index (χ1v) is 14.8. The van der Waals surface area contributed by atoms with E-state index in [2.05, 4.69) is 30.8 Å². The van der Waals surface area contributed by atoms with Gasteiger partial charge in [-0.15, -0.1) is 0 Å². The molecule has 0 radical (unpaired) electrons. The van der Waals surface area contributed by atoms with E-state index < -0.39 is 97.7 Å². The van der Waals surface area contributed by atoms with Crippen LogP contribution >= 0.6 is 0 Å². The highest BCUT2D eigenvalue weighted by Crippen LogP contribution is 2.42. The number of fused-ring (bicyclic) bond motifs is 1. The fourth-order valence-corrected chi connectivity index (χ4v) is 6.06. The van der Waals surface area contributed by atoms with Crippen LogP contribution in [0.25, 0.3) is 5.78 Å². The van der Waals surface area contributed by atoms with Crippen LogP contribution in [0.5, 0.6) is 0 Å². The molecule has 3 aromatic heterocycles. The van der Waals surface area contributed by atoms with Crippen LogP contribution in [0.3, 0.4) is 0 Å². The normalized spacial score (nSPS) is 22.4. The first-order valence-electron chi connectivity index (χ1n) is 14.8. The third-order valence-corrected chi connectivity index (χ3v) is 8.79. The Labute approximate surface area is 257 Å². The summed E-state index contributed by atoms with van der Waals surface area (Å²) in [6, 6.07) is 0.510. The van der Waals surface area contributed by atoms with E-state index in [4.69, 9.17) is 0 Å². The van der Waals surface area contributed by atoms with Crippen LogP contribution in [-0.2, 0) is 17.8 Å². The summed E-state index contributed by atoms with van der Waals surface area (Å²) < 4.78 is 113. The molecular formula is C28H32F8N8O2. The van der Waals surface area contributed by atoms with Crippen molar-refractivity contribution in [1.82, 2.24) is 40.0 Å². The summed E-state index contributed by atoms with van der Waals surface area (Å²) >= 11 is 0. The maximum absolute atomic E-state index is 14.0. The Morgan fingerprint density at radius 3 is 2.48 bits per heavy atom. The van der Waals surface area contributed by atoms with Crippen LogP contribution in [0.4, 0.5) is 35.1 Å². The molecule has 4 atom stereocenters. The molecule has 1 saturated carbocycles. The average Bonchev–Trinajstić information content (AvgIpc) is 3.62. The molecule has 4 heterocycles. The molecular weight excluding hydrogens is 632 g/mol. The molecule has 2 amide bonds. The molecule has 2 N–H and O–H groups in total. The number of carbonyl (C=O) groups is 2. The highest BCUT2D eigenvalue weighted by Gasteiger charge is 2.46. The van der Waals surface area contributed by atoms with Gasteiger partial charge in [0.15, 0.2) is 0 Å². The van der Waals surface area contributed by atoms with Crippen LogP contribution in [0.2, 0.25) is 0 Å². The van der Waals surface area contributed by atoms with Gasteiger partial charge >= 0.3 is 12.4 Å². The molecule has 1 aliphatic carbocycles. The van der Waals surface area contributed by atoms with E-state index in [1.165, 1.54) is 23.1 Å². The number of piperidine rings is 1. The first-order chi connectivity index (χ1) is 21.5. The largest absolute Gasteiger partial charge is 0.397 e. The average molecular weight is 665 g/mol.